The van der Waals surface area contributed by atoms with Crippen LogP contribution in [0.25, 0.3) is 6.08 Å². The minimum Gasteiger partial charge on any atom is -0.496 e. The van der Waals surface area contributed by atoms with E-state index >= 15 is 0 Å². The Morgan fingerprint density at radius 1 is 1.09 bits per heavy atom. The van der Waals surface area contributed by atoms with E-state index in [1.54, 1.807) is 25.3 Å². The zero-order valence-electron chi connectivity index (χ0n) is 12.0. The highest BCUT2D eigenvalue weighted by atomic mass is 79.9. The van der Waals surface area contributed by atoms with Gasteiger partial charge in [0.2, 0.25) is 5.90 Å². The minimum absolute atomic E-state index is 0.233. The Hall–Kier alpha value is -1.92. The van der Waals surface area contributed by atoms with Crippen LogP contribution < -0.4 is 4.74 Å². The minimum atomic E-state index is -0.482. The third-order valence-corrected chi connectivity index (χ3v) is 4.21. The SMILES string of the molecule is COc1ccc(Br)cc1C1=N/C(=C\c2ccc(Br)cc2)C(=O)O1. The third-order valence-electron chi connectivity index (χ3n) is 3.19. The number of hydrogen-bond acceptors (Lipinski definition) is 4. The van der Waals surface area contributed by atoms with Gasteiger partial charge in [0, 0.05) is 8.95 Å². The van der Waals surface area contributed by atoms with E-state index in [0.717, 1.165) is 14.5 Å². The molecule has 0 aromatic heterocycles. The second-order valence-corrected chi connectivity index (χ2v) is 6.56. The Morgan fingerprint density at radius 3 is 2.48 bits per heavy atom. The zero-order valence-corrected chi connectivity index (χ0v) is 15.2. The van der Waals surface area contributed by atoms with Crippen molar-refractivity contribution in [1.29, 1.82) is 0 Å². The van der Waals surface area contributed by atoms with Crippen LogP contribution >= 0.6 is 31.9 Å². The number of hydrogen-bond donors (Lipinski definition) is 0. The van der Waals surface area contributed by atoms with Crippen LogP contribution in [0.15, 0.2) is 62.1 Å². The second kappa shape index (κ2) is 6.68. The van der Waals surface area contributed by atoms with E-state index in [2.05, 4.69) is 36.9 Å². The molecule has 0 amide bonds. The van der Waals surface area contributed by atoms with E-state index in [0.29, 0.717) is 11.3 Å². The van der Waals surface area contributed by atoms with Crippen molar-refractivity contribution in [2.45, 2.75) is 0 Å². The van der Waals surface area contributed by atoms with Crippen LogP contribution in [-0.4, -0.2) is 19.0 Å². The number of halogens is 2. The number of rotatable bonds is 3. The number of methoxy groups -OCH3 is 1. The van der Waals surface area contributed by atoms with Gasteiger partial charge in [-0.05, 0) is 42.0 Å². The van der Waals surface area contributed by atoms with Gasteiger partial charge in [-0.15, -0.1) is 0 Å². The summed E-state index contributed by atoms with van der Waals surface area (Å²) in [7, 11) is 1.56. The maximum atomic E-state index is 12.0. The molecule has 0 N–H and O–H groups in total. The molecule has 2 aromatic carbocycles. The molecule has 0 aliphatic carbocycles. The molecule has 4 nitrogen and oxygen atoms in total. The molecule has 0 fully saturated rings. The van der Waals surface area contributed by atoms with E-state index in [1.165, 1.54) is 0 Å². The maximum absolute atomic E-state index is 12.0. The molecule has 116 valence electrons. The first-order chi connectivity index (χ1) is 11.1. The number of nitrogens with zero attached hydrogens (tertiary/aromatic N) is 1. The van der Waals surface area contributed by atoms with E-state index in [9.17, 15) is 4.79 Å². The van der Waals surface area contributed by atoms with Gasteiger partial charge in [-0.2, -0.15) is 0 Å². The van der Waals surface area contributed by atoms with Crippen molar-refractivity contribution in [2.75, 3.05) is 7.11 Å². The molecule has 0 bridgehead atoms. The van der Waals surface area contributed by atoms with Gasteiger partial charge in [-0.1, -0.05) is 44.0 Å². The van der Waals surface area contributed by atoms with Gasteiger partial charge >= 0.3 is 5.97 Å². The number of carbonyl (C=O) groups is 1. The predicted octanol–water partition coefficient (Wildman–Crippen LogP) is 4.56. The number of cyclic esters (lactones) is 1. The molecule has 0 spiro atoms. The van der Waals surface area contributed by atoms with Crippen molar-refractivity contribution in [1.82, 2.24) is 0 Å². The zero-order chi connectivity index (χ0) is 16.4. The summed E-state index contributed by atoms with van der Waals surface area (Å²) in [6.07, 6.45) is 1.69. The lowest BCUT2D eigenvalue weighted by Crippen LogP contribution is -2.07. The standard InChI is InChI=1S/C17H11Br2NO3/c1-22-15-7-6-12(19)9-13(15)16-20-14(17(21)23-16)8-10-2-4-11(18)5-3-10/h2-9H,1H3/b14-8-. The molecule has 1 aliphatic rings. The highest BCUT2D eigenvalue weighted by Gasteiger charge is 2.26. The van der Waals surface area contributed by atoms with Crippen LogP contribution in [0.3, 0.4) is 0 Å². The van der Waals surface area contributed by atoms with Gasteiger partial charge < -0.3 is 9.47 Å². The quantitative estimate of drug-likeness (QED) is 0.523. The lowest BCUT2D eigenvalue weighted by atomic mass is 10.2. The van der Waals surface area contributed by atoms with E-state index in [4.69, 9.17) is 9.47 Å². The van der Waals surface area contributed by atoms with Crippen molar-refractivity contribution < 1.29 is 14.3 Å². The van der Waals surface area contributed by atoms with Gasteiger partial charge in [0.15, 0.2) is 5.70 Å². The van der Waals surface area contributed by atoms with Crippen molar-refractivity contribution in [3.63, 3.8) is 0 Å². The average molecular weight is 437 g/mol. The van der Waals surface area contributed by atoms with Crippen molar-refractivity contribution >= 4 is 49.8 Å². The Morgan fingerprint density at radius 2 is 1.78 bits per heavy atom. The van der Waals surface area contributed by atoms with Gasteiger partial charge in [-0.3, -0.25) is 0 Å². The summed E-state index contributed by atoms with van der Waals surface area (Å²) in [5.74, 6) is 0.339. The molecule has 0 saturated carbocycles. The highest BCUT2D eigenvalue weighted by molar-refractivity contribution is 9.10. The second-order valence-electron chi connectivity index (χ2n) is 4.73. The first kappa shape index (κ1) is 16.0. The van der Waals surface area contributed by atoms with Gasteiger partial charge in [-0.25, -0.2) is 9.79 Å². The summed E-state index contributed by atoms with van der Waals surface area (Å²) in [4.78, 5) is 16.3. The maximum Gasteiger partial charge on any atom is 0.363 e. The number of ether oxygens (including phenoxy) is 2. The Labute approximate surface area is 150 Å². The normalized spacial score (nSPS) is 15.5. The summed E-state index contributed by atoms with van der Waals surface area (Å²) < 4.78 is 12.4. The molecule has 2 aromatic rings. The van der Waals surface area contributed by atoms with Crippen LogP contribution in [0.2, 0.25) is 0 Å². The molecule has 3 rings (SSSR count). The molecule has 0 saturated heterocycles. The van der Waals surface area contributed by atoms with Crippen LogP contribution in [0.1, 0.15) is 11.1 Å². The number of carbonyl (C=O) groups excluding carboxylic acids is 1. The lowest BCUT2D eigenvalue weighted by molar-refractivity contribution is -0.129. The average Bonchev–Trinajstić information content (AvgIpc) is 2.90. The monoisotopic (exact) mass is 435 g/mol. The number of esters is 1. The molecule has 0 radical (unpaired) electrons. The largest absolute Gasteiger partial charge is 0.496 e. The van der Waals surface area contributed by atoms with Crippen molar-refractivity contribution in [2.24, 2.45) is 4.99 Å². The fourth-order valence-corrected chi connectivity index (χ4v) is 2.71. The summed E-state index contributed by atoms with van der Waals surface area (Å²) in [6.45, 7) is 0. The van der Waals surface area contributed by atoms with Crippen LogP contribution in [0.5, 0.6) is 5.75 Å². The first-order valence-corrected chi connectivity index (χ1v) is 8.27. The van der Waals surface area contributed by atoms with E-state index in [1.807, 2.05) is 30.3 Å². The molecule has 0 unspecified atom stereocenters. The van der Waals surface area contributed by atoms with E-state index in [-0.39, 0.29) is 11.6 Å². The highest BCUT2D eigenvalue weighted by Crippen LogP contribution is 2.28. The summed E-state index contributed by atoms with van der Waals surface area (Å²) >= 11 is 6.77. The molecule has 6 heteroatoms. The first-order valence-electron chi connectivity index (χ1n) is 6.69. The molecular formula is C17H11Br2NO3. The lowest BCUT2D eigenvalue weighted by Gasteiger charge is -2.07. The number of benzene rings is 2. The van der Waals surface area contributed by atoms with Crippen molar-refractivity contribution in [3.05, 3.63) is 68.2 Å². The molecule has 1 heterocycles. The van der Waals surface area contributed by atoms with E-state index < -0.39 is 5.97 Å². The summed E-state index contributed by atoms with van der Waals surface area (Å²) in [5.41, 5.74) is 1.74. The Kier molecular flexibility index (Phi) is 4.63. The molecular weight excluding hydrogens is 426 g/mol. The van der Waals surface area contributed by atoms with Crippen LogP contribution in [0.4, 0.5) is 0 Å². The Bertz CT molecular complexity index is 826. The summed E-state index contributed by atoms with van der Waals surface area (Å²) in [6, 6.07) is 13.0. The van der Waals surface area contributed by atoms with Gasteiger partial charge in [0.05, 0.1) is 12.7 Å². The van der Waals surface area contributed by atoms with Crippen molar-refractivity contribution in [3.8, 4) is 5.75 Å². The van der Waals surface area contributed by atoms with Crippen LogP contribution in [0, 0.1) is 0 Å². The topological polar surface area (TPSA) is 47.9 Å². The molecule has 23 heavy (non-hydrogen) atoms. The smallest absolute Gasteiger partial charge is 0.363 e. The van der Waals surface area contributed by atoms with Gasteiger partial charge in [0.25, 0.3) is 0 Å². The fourth-order valence-electron chi connectivity index (χ4n) is 2.09. The Balaban J connectivity index is 1.98. The molecule has 0 atom stereocenters. The van der Waals surface area contributed by atoms with Crippen LogP contribution in [-0.2, 0) is 9.53 Å². The molecule has 1 aliphatic heterocycles. The predicted molar refractivity (Wildman–Crippen MR) is 95.4 cm³/mol. The number of aliphatic imine (C=N–C) groups is 1. The third kappa shape index (κ3) is 3.54. The van der Waals surface area contributed by atoms with Gasteiger partial charge in [0.1, 0.15) is 5.75 Å². The summed E-state index contributed by atoms with van der Waals surface area (Å²) in [5, 5.41) is 0. The fraction of sp³-hybridized carbons (Fsp3) is 0.0588.